The zero-order valence-corrected chi connectivity index (χ0v) is 8.39. The van der Waals surface area contributed by atoms with Crippen molar-refractivity contribution in [1.82, 2.24) is 0 Å². The van der Waals surface area contributed by atoms with Gasteiger partial charge >= 0.3 is 0 Å². The zero-order valence-electron chi connectivity index (χ0n) is 7.63. The highest BCUT2D eigenvalue weighted by atomic mass is 35.5. The first-order valence-corrected chi connectivity index (χ1v) is 5.23. The molecule has 0 aromatic heterocycles. The van der Waals surface area contributed by atoms with Crippen LogP contribution in [0.4, 0.5) is 0 Å². The fraction of sp³-hybridized carbons (Fsp3) is 0.800. The van der Waals surface area contributed by atoms with Gasteiger partial charge < -0.3 is 4.74 Å². The van der Waals surface area contributed by atoms with Crippen LogP contribution >= 0.6 is 11.6 Å². The minimum atomic E-state index is 0.464. The van der Waals surface area contributed by atoms with Gasteiger partial charge in [-0.25, -0.2) is 0 Å². The Hall–Kier alpha value is -0.0100. The molecule has 1 saturated heterocycles. The van der Waals surface area contributed by atoms with Crippen LogP contribution in [-0.4, -0.2) is 18.1 Å². The topological polar surface area (TPSA) is 9.23 Å². The lowest BCUT2D eigenvalue weighted by atomic mass is 10.1. The van der Waals surface area contributed by atoms with E-state index < -0.39 is 0 Å². The fourth-order valence-electron chi connectivity index (χ4n) is 1.49. The Bertz CT molecular complexity index is 145. The van der Waals surface area contributed by atoms with Gasteiger partial charge in [0.05, 0.1) is 12.2 Å². The van der Waals surface area contributed by atoms with Crippen LogP contribution in [-0.2, 0) is 4.74 Å². The summed E-state index contributed by atoms with van der Waals surface area (Å²) >= 11 is 5.54. The predicted octanol–water partition coefficient (Wildman–Crippen LogP) is 3.13. The minimum Gasteiger partial charge on any atom is -0.375 e. The standard InChI is InChI=1S/C10H17ClO/c1-9-6-7-10(12-9)5-3-2-4-8-11/h2-3,9-10H,4-8H2,1H3/b3-2+. The first-order valence-electron chi connectivity index (χ1n) is 4.69. The Morgan fingerprint density at radius 3 is 2.83 bits per heavy atom. The Balaban J connectivity index is 2.07. The summed E-state index contributed by atoms with van der Waals surface area (Å²) in [5.74, 6) is 0.721. The van der Waals surface area contributed by atoms with Gasteiger partial charge in [-0.05, 0) is 32.6 Å². The number of halogens is 1. The minimum absolute atomic E-state index is 0.464. The molecule has 1 aliphatic rings. The second-order valence-corrected chi connectivity index (χ2v) is 3.71. The van der Waals surface area contributed by atoms with E-state index in [1.54, 1.807) is 0 Å². The Morgan fingerprint density at radius 1 is 1.42 bits per heavy atom. The Kier molecular flexibility index (Phi) is 4.70. The van der Waals surface area contributed by atoms with Crippen LogP contribution in [0.15, 0.2) is 12.2 Å². The third-order valence-corrected chi connectivity index (χ3v) is 2.38. The average Bonchev–Trinajstić information content (AvgIpc) is 2.45. The third kappa shape index (κ3) is 3.59. The largest absolute Gasteiger partial charge is 0.375 e. The van der Waals surface area contributed by atoms with Crippen molar-refractivity contribution in [3.63, 3.8) is 0 Å². The maximum Gasteiger partial charge on any atom is 0.0614 e. The molecule has 1 rings (SSSR count). The summed E-state index contributed by atoms with van der Waals surface area (Å²) in [6.07, 6.45) is 9.72. The van der Waals surface area contributed by atoms with Crippen molar-refractivity contribution in [3.8, 4) is 0 Å². The summed E-state index contributed by atoms with van der Waals surface area (Å²) in [4.78, 5) is 0. The van der Waals surface area contributed by atoms with E-state index in [0.29, 0.717) is 12.2 Å². The van der Waals surface area contributed by atoms with E-state index in [1.165, 1.54) is 12.8 Å². The van der Waals surface area contributed by atoms with Crippen LogP contribution in [0.2, 0.25) is 0 Å². The van der Waals surface area contributed by atoms with E-state index in [4.69, 9.17) is 16.3 Å². The van der Waals surface area contributed by atoms with Crippen molar-refractivity contribution < 1.29 is 4.74 Å². The average molecular weight is 189 g/mol. The molecule has 2 heteroatoms. The lowest BCUT2D eigenvalue weighted by Crippen LogP contribution is -2.06. The molecule has 1 nitrogen and oxygen atoms in total. The quantitative estimate of drug-likeness (QED) is 0.487. The van der Waals surface area contributed by atoms with Crippen molar-refractivity contribution in [2.45, 2.75) is 44.8 Å². The number of rotatable bonds is 4. The molecule has 70 valence electrons. The molecule has 0 N–H and O–H groups in total. The first kappa shape index (κ1) is 10.1. The summed E-state index contributed by atoms with van der Waals surface area (Å²) in [5.41, 5.74) is 0. The number of hydrogen-bond acceptors (Lipinski definition) is 1. The van der Waals surface area contributed by atoms with Gasteiger partial charge in [-0.1, -0.05) is 12.2 Å². The van der Waals surface area contributed by atoms with Gasteiger partial charge in [0.15, 0.2) is 0 Å². The number of ether oxygens (including phenoxy) is 1. The molecule has 1 aliphatic heterocycles. The molecule has 0 aromatic carbocycles. The Morgan fingerprint density at radius 2 is 2.25 bits per heavy atom. The van der Waals surface area contributed by atoms with Crippen molar-refractivity contribution in [2.24, 2.45) is 0 Å². The van der Waals surface area contributed by atoms with Crippen LogP contribution in [0.5, 0.6) is 0 Å². The molecule has 0 spiro atoms. The monoisotopic (exact) mass is 188 g/mol. The summed E-state index contributed by atoms with van der Waals surface area (Å²) in [6.45, 7) is 2.14. The van der Waals surface area contributed by atoms with E-state index in [0.717, 1.165) is 18.7 Å². The SMILES string of the molecule is CC1CCC(C/C=C/CCCl)O1. The van der Waals surface area contributed by atoms with Gasteiger partial charge in [-0.2, -0.15) is 0 Å². The van der Waals surface area contributed by atoms with Crippen molar-refractivity contribution in [3.05, 3.63) is 12.2 Å². The molecule has 2 unspecified atom stereocenters. The van der Waals surface area contributed by atoms with E-state index in [1.807, 2.05) is 0 Å². The summed E-state index contributed by atoms with van der Waals surface area (Å²) < 4.78 is 5.66. The first-order chi connectivity index (χ1) is 5.83. The normalized spacial score (nSPS) is 30.2. The molecule has 0 saturated carbocycles. The smallest absolute Gasteiger partial charge is 0.0614 e. The molecule has 1 fully saturated rings. The van der Waals surface area contributed by atoms with Gasteiger partial charge in [0.1, 0.15) is 0 Å². The molecule has 12 heavy (non-hydrogen) atoms. The summed E-state index contributed by atoms with van der Waals surface area (Å²) in [5, 5.41) is 0. The van der Waals surface area contributed by atoms with Gasteiger partial charge in [-0.15, -0.1) is 11.6 Å². The van der Waals surface area contributed by atoms with Crippen LogP contribution < -0.4 is 0 Å². The highest BCUT2D eigenvalue weighted by Crippen LogP contribution is 2.21. The van der Waals surface area contributed by atoms with Crippen LogP contribution in [0.1, 0.15) is 32.6 Å². The van der Waals surface area contributed by atoms with Gasteiger partial charge in [0, 0.05) is 5.88 Å². The van der Waals surface area contributed by atoms with Gasteiger partial charge in [0.25, 0.3) is 0 Å². The van der Waals surface area contributed by atoms with Gasteiger partial charge in [-0.3, -0.25) is 0 Å². The van der Waals surface area contributed by atoms with Crippen LogP contribution in [0.3, 0.4) is 0 Å². The molecule has 0 radical (unpaired) electrons. The highest BCUT2D eigenvalue weighted by molar-refractivity contribution is 6.17. The molecular weight excluding hydrogens is 172 g/mol. The van der Waals surface area contributed by atoms with Crippen molar-refractivity contribution in [1.29, 1.82) is 0 Å². The van der Waals surface area contributed by atoms with E-state index in [2.05, 4.69) is 19.1 Å². The van der Waals surface area contributed by atoms with Crippen molar-refractivity contribution in [2.75, 3.05) is 5.88 Å². The molecular formula is C10H17ClO. The second kappa shape index (κ2) is 5.60. The highest BCUT2D eigenvalue weighted by Gasteiger charge is 2.19. The number of alkyl halides is 1. The van der Waals surface area contributed by atoms with Crippen molar-refractivity contribution >= 4 is 11.6 Å². The third-order valence-electron chi connectivity index (χ3n) is 2.16. The van der Waals surface area contributed by atoms with E-state index >= 15 is 0 Å². The lowest BCUT2D eigenvalue weighted by Gasteiger charge is -2.07. The maximum atomic E-state index is 5.66. The maximum absolute atomic E-state index is 5.66. The predicted molar refractivity (Wildman–Crippen MR) is 52.7 cm³/mol. The van der Waals surface area contributed by atoms with Gasteiger partial charge in [0.2, 0.25) is 0 Å². The molecule has 2 atom stereocenters. The molecule has 0 bridgehead atoms. The summed E-state index contributed by atoms with van der Waals surface area (Å²) in [6, 6.07) is 0. The van der Waals surface area contributed by atoms with Crippen LogP contribution in [0, 0.1) is 0 Å². The number of hydrogen-bond donors (Lipinski definition) is 0. The molecule has 0 aliphatic carbocycles. The van der Waals surface area contributed by atoms with E-state index in [-0.39, 0.29) is 0 Å². The van der Waals surface area contributed by atoms with Crippen LogP contribution in [0.25, 0.3) is 0 Å². The van der Waals surface area contributed by atoms with E-state index in [9.17, 15) is 0 Å². The lowest BCUT2D eigenvalue weighted by molar-refractivity contribution is 0.0579. The molecule has 1 heterocycles. The summed E-state index contributed by atoms with van der Waals surface area (Å²) in [7, 11) is 0. The Labute approximate surface area is 79.7 Å². The zero-order chi connectivity index (χ0) is 8.81. The second-order valence-electron chi connectivity index (χ2n) is 3.33. The number of allylic oxidation sites excluding steroid dienone is 1. The molecule has 0 amide bonds. The molecule has 0 aromatic rings. The fourth-order valence-corrected chi connectivity index (χ4v) is 1.61.